The SMILES string of the molecule is CN=C(NCc1cccc(CN2CCCC2=O)c1)N(C)Cc1csc(C)n1. The van der Waals surface area contributed by atoms with Crippen molar-refractivity contribution in [1.82, 2.24) is 20.1 Å². The number of aliphatic imine (C=N–C) groups is 1. The highest BCUT2D eigenvalue weighted by Gasteiger charge is 2.20. The number of nitrogens with one attached hydrogen (secondary N) is 1. The lowest BCUT2D eigenvalue weighted by atomic mass is 10.1. The Morgan fingerprint density at radius 3 is 2.89 bits per heavy atom. The van der Waals surface area contributed by atoms with Crippen LogP contribution in [0.2, 0.25) is 0 Å². The minimum Gasteiger partial charge on any atom is -0.352 e. The van der Waals surface area contributed by atoms with Gasteiger partial charge in [-0.2, -0.15) is 0 Å². The lowest BCUT2D eigenvalue weighted by molar-refractivity contribution is -0.128. The molecule has 7 heteroatoms. The van der Waals surface area contributed by atoms with Crippen molar-refractivity contribution in [3.05, 3.63) is 51.5 Å². The lowest BCUT2D eigenvalue weighted by Gasteiger charge is -2.21. The Balaban J connectivity index is 1.56. The van der Waals surface area contributed by atoms with Crippen LogP contribution in [-0.4, -0.2) is 47.3 Å². The van der Waals surface area contributed by atoms with Gasteiger partial charge in [0.2, 0.25) is 5.91 Å². The second-order valence-corrected chi connectivity index (χ2v) is 7.92. The van der Waals surface area contributed by atoms with Gasteiger partial charge in [0.15, 0.2) is 5.96 Å². The minimum atomic E-state index is 0.262. The maximum absolute atomic E-state index is 11.8. The van der Waals surface area contributed by atoms with Crippen molar-refractivity contribution in [3.63, 3.8) is 0 Å². The molecule has 1 aromatic carbocycles. The van der Waals surface area contributed by atoms with E-state index in [1.54, 1.807) is 18.4 Å². The molecule has 0 aliphatic carbocycles. The smallest absolute Gasteiger partial charge is 0.222 e. The fourth-order valence-electron chi connectivity index (χ4n) is 3.29. The number of likely N-dealkylation sites (tertiary alicyclic amines) is 1. The molecule has 3 rings (SSSR count). The Bertz CT molecular complexity index is 816. The number of guanidine groups is 1. The Morgan fingerprint density at radius 1 is 1.41 bits per heavy atom. The third-order valence-corrected chi connectivity index (χ3v) is 5.45. The van der Waals surface area contributed by atoms with E-state index in [4.69, 9.17) is 0 Å². The molecule has 0 saturated carbocycles. The second kappa shape index (κ2) is 8.99. The molecule has 1 amide bonds. The fourth-order valence-corrected chi connectivity index (χ4v) is 3.90. The monoisotopic (exact) mass is 385 g/mol. The van der Waals surface area contributed by atoms with E-state index in [-0.39, 0.29) is 5.91 Å². The first kappa shape index (κ1) is 19.4. The normalized spacial score (nSPS) is 14.7. The first-order chi connectivity index (χ1) is 13.0. The summed E-state index contributed by atoms with van der Waals surface area (Å²) in [6.07, 6.45) is 1.66. The van der Waals surface area contributed by atoms with Gasteiger partial charge in [-0.1, -0.05) is 24.3 Å². The van der Waals surface area contributed by atoms with Crippen LogP contribution in [0.25, 0.3) is 0 Å². The predicted molar refractivity (Wildman–Crippen MR) is 110 cm³/mol. The van der Waals surface area contributed by atoms with Crippen LogP contribution in [-0.2, 0) is 24.4 Å². The summed E-state index contributed by atoms with van der Waals surface area (Å²) in [5.41, 5.74) is 3.41. The molecule has 1 aliphatic heterocycles. The highest BCUT2D eigenvalue weighted by molar-refractivity contribution is 7.09. The summed E-state index contributed by atoms with van der Waals surface area (Å²) in [5.74, 6) is 1.10. The highest BCUT2D eigenvalue weighted by Crippen LogP contribution is 2.15. The van der Waals surface area contributed by atoms with Crippen molar-refractivity contribution in [3.8, 4) is 0 Å². The van der Waals surface area contributed by atoms with E-state index >= 15 is 0 Å². The molecule has 1 aliphatic rings. The van der Waals surface area contributed by atoms with Crippen molar-refractivity contribution in [2.45, 2.75) is 39.4 Å². The van der Waals surface area contributed by atoms with Crippen LogP contribution in [0.5, 0.6) is 0 Å². The summed E-state index contributed by atoms with van der Waals surface area (Å²) in [6, 6.07) is 8.40. The fraction of sp³-hybridized carbons (Fsp3) is 0.450. The molecule has 2 heterocycles. The van der Waals surface area contributed by atoms with Crippen molar-refractivity contribution in [1.29, 1.82) is 0 Å². The number of carbonyl (C=O) groups excluding carboxylic acids is 1. The van der Waals surface area contributed by atoms with Crippen molar-refractivity contribution >= 4 is 23.2 Å². The summed E-state index contributed by atoms with van der Waals surface area (Å²) in [4.78, 5) is 24.7. The van der Waals surface area contributed by atoms with Crippen LogP contribution >= 0.6 is 11.3 Å². The molecular formula is C20H27N5OS. The van der Waals surface area contributed by atoms with E-state index in [1.807, 2.05) is 18.9 Å². The van der Waals surface area contributed by atoms with Crippen LogP contribution < -0.4 is 5.32 Å². The Morgan fingerprint density at radius 2 is 2.22 bits per heavy atom. The van der Waals surface area contributed by atoms with Gasteiger partial charge in [0.25, 0.3) is 0 Å². The Hall–Kier alpha value is -2.41. The Kier molecular flexibility index (Phi) is 6.45. The molecule has 0 unspecified atom stereocenters. The van der Waals surface area contributed by atoms with Gasteiger partial charge < -0.3 is 15.1 Å². The average molecular weight is 386 g/mol. The van der Waals surface area contributed by atoms with Gasteiger partial charge in [-0.25, -0.2) is 4.98 Å². The van der Waals surface area contributed by atoms with E-state index in [2.05, 4.69) is 49.8 Å². The van der Waals surface area contributed by atoms with Crippen LogP contribution in [0, 0.1) is 6.92 Å². The molecular weight excluding hydrogens is 358 g/mol. The number of benzene rings is 1. The molecule has 0 spiro atoms. The first-order valence-electron chi connectivity index (χ1n) is 9.23. The standard InChI is InChI=1S/C20H27N5OS/c1-15-23-18(14-27-15)13-24(3)20(21-2)22-11-16-6-4-7-17(10-16)12-25-9-5-8-19(25)26/h4,6-7,10,14H,5,8-9,11-13H2,1-3H3,(H,21,22). The molecule has 1 N–H and O–H groups in total. The van der Waals surface area contributed by atoms with Crippen molar-refractivity contribution in [2.24, 2.45) is 4.99 Å². The zero-order valence-corrected chi connectivity index (χ0v) is 17.1. The number of rotatable bonds is 6. The average Bonchev–Trinajstić information content (AvgIpc) is 3.24. The third kappa shape index (κ3) is 5.29. The summed E-state index contributed by atoms with van der Waals surface area (Å²) in [7, 11) is 3.81. The topological polar surface area (TPSA) is 60.8 Å². The van der Waals surface area contributed by atoms with Crippen LogP contribution in [0.1, 0.15) is 34.7 Å². The molecule has 6 nitrogen and oxygen atoms in total. The van der Waals surface area contributed by atoms with Gasteiger partial charge in [-0.3, -0.25) is 9.79 Å². The number of thiazole rings is 1. The highest BCUT2D eigenvalue weighted by atomic mass is 32.1. The van der Waals surface area contributed by atoms with Gasteiger partial charge in [-0.15, -0.1) is 11.3 Å². The number of nitrogens with zero attached hydrogens (tertiary/aromatic N) is 4. The van der Waals surface area contributed by atoms with Gasteiger partial charge in [0, 0.05) is 45.5 Å². The van der Waals surface area contributed by atoms with Gasteiger partial charge >= 0.3 is 0 Å². The summed E-state index contributed by atoms with van der Waals surface area (Å²) in [6.45, 7) is 5.00. The molecule has 27 heavy (non-hydrogen) atoms. The molecule has 0 radical (unpaired) electrons. The summed E-state index contributed by atoms with van der Waals surface area (Å²) in [5, 5.41) is 6.58. The number of amides is 1. The molecule has 2 aromatic rings. The molecule has 0 atom stereocenters. The number of carbonyl (C=O) groups is 1. The van der Waals surface area contributed by atoms with Crippen LogP contribution in [0.15, 0.2) is 34.6 Å². The number of hydrogen-bond donors (Lipinski definition) is 1. The Labute approximate surface area is 164 Å². The van der Waals surface area contributed by atoms with E-state index in [1.165, 1.54) is 11.1 Å². The van der Waals surface area contributed by atoms with E-state index in [0.29, 0.717) is 19.5 Å². The zero-order chi connectivity index (χ0) is 19.2. The van der Waals surface area contributed by atoms with Crippen molar-refractivity contribution < 1.29 is 4.79 Å². The molecule has 144 valence electrons. The quantitative estimate of drug-likeness (QED) is 0.614. The second-order valence-electron chi connectivity index (χ2n) is 6.85. The number of aromatic nitrogens is 1. The van der Waals surface area contributed by atoms with Crippen LogP contribution in [0.3, 0.4) is 0 Å². The first-order valence-corrected chi connectivity index (χ1v) is 10.1. The predicted octanol–water partition coefficient (Wildman–Crippen LogP) is 2.78. The third-order valence-electron chi connectivity index (χ3n) is 4.63. The van der Waals surface area contributed by atoms with E-state index in [9.17, 15) is 4.79 Å². The molecule has 1 saturated heterocycles. The van der Waals surface area contributed by atoms with E-state index < -0.39 is 0 Å². The van der Waals surface area contributed by atoms with Gasteiger partial charge in [-0.05, 0) is 24.5 Å². The lowest BCUT2D eigenvalue weighted by Crippen LogP contribution is -2.38. The molecule has 0 bridgehead atoms. The van der Waals surface area contributed by atoms with E-state index in [0.717, 1.165) is 36.2 Å². The zero-order valence-electron chi connectivity index (χ0n) is 16.2. The van der Waals surface area contributed by atoms with Gasteiger partial charge in [0.1, 0.15) is 0 Å². The maximum atomic E-state index is 11.8. The molecule has 1 fully saturated rings. The van der Waals surface area contributed by atoms with Crippen molar-refractivity contribution in [2.75, 3.05) is 20.6 Å². The largest absolute Gasteiger partial charge is 0.352 e. The summed E-state index contributed by atoms with van der Waals surface area (Å²) >= 11 is 1.66. The maximum Gasteiger partial charge on any atom is 0.222 e. The summed E-state index contributed by atoms with van der Waals surface area (Å²) < 4.78 is 0. The number of hydrogen-bond acceptors (Lipinski definition) is 4. The minimum absolute atomic E-state index is 0.262. The number of aryl methyl sites for hydroxylation is 1. The van der Waals surface area contributed by atoms with Crippen LogP contribution in [0.4, 0.5) is 0 Å². The molecule has 1 aromatic heterocycles. The van der Waals surface area contributed by atoms with Gasteiger partial charge in [0.05, 0.1) is 17.2 Å².